The highest BCUT2D eigenvalue weighted by molar-refractivity contribution is 7.89. The average Bonchev–Trinajstić information content (AvgIpc) is 2.74. The second-order valence-corrected chi connectivity index (χ2v) is 9.62. The summed E-state index contributed by atoms with van der Waals surface area (Å²) in [4.78, 5) is 12.6. The number of carbonyl (C=O) groups is 1. The van der Waals surface area contributed by atoms with Gasteiger partial charge in [0.25, 0.3) is 0 Å². The van der Waals surface area contributed by atoms with Gasteiger partial charge in [-0.3, -0.25) is 4.79 Å². The van der Waals surface area contributed by atoms with Crippen molar-refractivity contribution >= 4 is 27.5 Å². The van der Waals surface area contributed by atoms with Gasteiger partial charge in [-0.1, -0.05) is 23.7 Å². The number of hydrogen-bond donors (Lipinski definition) is 1. The Labute approximate surface area is 181 Å². The van der Waals surface area contributed by atoms with E-state index >= 15 is 0 Å². The van der Waals surface area contributed by atoms with Crippen LogP contribution < -0.4 is 10.1 Å². The number of hydrogen-bond acceptors (Lipinski definition) is 4. The summed E-state index contributed by atoms with van der Waals surface area (Å²) in [6.45, 7) is 2.15. The summed E-state index contributed by atoms with van der Waals surface area (Å²) in [7, 11) is -2.68. The molecular weight excluding hydrogens is 431 g/mol. The zero-order chi connectivity index (χ0) is 21.9. The fourth-order valence-electron chi connectivity index (χ4n) is 3.53. The van der Waals surface area contributed by atoms with Crippen molar-refractivity contribution in [1.29, 1.82) is 0 Å². The number of halogens is 2. The molecule has 2 aromatic carbocycles. The Morgan fingerprint density at radius 1 is 1.27 bits per heavy atom. The first-order chi connectivity index (χ1) is 14.2. The Morgan fingerprint density at radius 2 is 1.97 bits per heavy atom. The van der Waals surface area contributed by atoms with Crippen LogP contribution in [0.15, 0.2) is 47.4 Å². The second-order valence-electron chi connectivity index (χ2n) is 7.28. The fourth-order valence-corrected chi connectivity index (χ4v) is 5.35. The number of rotatable bonds is 6. The summed E-state index contributed by atoms with van der Waals surface area (Å²) in [5, 5.41) is 3.55. The Balaban J connectivity index is 1.73. The third-order valence-corrected chi connectivity index (χ3v) is 7.37. The van der Waals surface area contributed by atoms with E-state index in [0.717, 1.165) is 17.7 Å². The lowest BCUT2D eigenvalue weighted by molar-refractivity contribution is -0.126. The van der Waals surface area contributed by atoms with E-state index in [1.807, 2.05) is 19.1 Å². The SMILES string of the molecule is COc1ccc(F)cc1S(=O)(=O)N1CCC[C@@H](C(=O)N[C@@H](C)c2ccc(Cl)cc2)C1. The first-order valence-electron chi connectivity index (χ1n) is 9.62. The molecule has 1 fully saturated rings. The highest BCUT2D eigenvalue weighted by Crippen LogP contribution is 2.30. The molecule has 2 aromatic rings. The molecule has 0 radical (unpaired) electrons. The van der Waals surface area contributed by atoms with Gasteiger partial charge in [0.15, 0.2) is 0 Å². The quantitative estimate of drug-likeness (QED) is 0.721. The standard InChI is InChI=1S/C21H24ClFN2O4S/c1-14(15-5-7-17(22)8-6-15)24-21(26)16-4-3-11-25(13-16)30(27,28)20-12-18(23)9-10-19(20)29-2/h5-10,12,14,16H,3-4,11,13H2,1-2H3,(H,24,26)/t14-,16+/m0/s1. The monoisotopic (exact) mass is 454 g/mol. The predicted octanol–water partition coefficient (Wildman–Crippen LogP) is 3.77. The number of benzene rings is 2. The Hall–Kier alpha value is -2.16. The van der Waals surface area contributed by atoms with Gasteiger partial charge in [-0.15, -0.1) is 0 Å². The normalized spacial score (nSPS) is 18.6. The first kappa shape index (κ1) is 22.5. The number of piperidine rings is 1. The maximum absolute atomic E-state index is 13.7. The molecule has 1 aliphatic rings. The summed E-state index contributed by atoms with van der Waals surface area (Å²) in [5.41, 5.74) is 0.900. The van der Waals surface area contributed by atoms with Crippen molar-refractivity contribution in [3.8, 4) is 5.75 Å². The number of nitrogens with zero attached hydrogens (tertiary/aromatic N) is 1. The van der Waals surface area contributed by atoms with Crippen molar-refractivity contribution in [2.75, 3.05) is 20.2 Å². The van der Waals surface area contributed by atoms with E-state index in [9.17, 15) is 17.6 Å². The number of ether oxygens (including phenoxy) is 1. The van der Waals surface area contributed by atoms with Gasteiger partial charge in [0, 0.05) is 18.1 Å². The minimum atomic E-state index is -4.01. The highest BCUT2D eigenvalue weighted by atomic mass is 35.5. The maximum Gasteiger partial charge on any atom is 0.246 e. The molecule has 30 heavy (non-hydrogen) atoms. The van der Waals surface area contributed by atoms with Crippen molar-refractivity contribution in [3.05, 3.63) is 58.9 Å². The molecule has 1 heterocycles. The molecule has 0 aliphatic carbocycles. The van der Waals surface area contributed by atoms with Crippen LogP contribution in [-0.4, -0.2) is 38.8 Å². The molecule has 0 saturated carbocycles. The molecule has 9 heteroatoms. The topological polar surface area (TPSA) is 75.7 Å². The Bertz CT molecular complexity index is 1010. The van der Waals surface area contributed by atoms with Crippen LogP contribution in [0.25, 0.3) is 0 Å². The molecule has 1 aliphatic heterocycles. The highest BCUT2D eigenvalue weighted by Gasteiger charge is 2.35. The third-order valence-electron chi connectivity index (χ3n) is 5.23. The number of carbonyl (C=O) groups excluding carboxylic acids is 1. The molecule has 0 unspecified atom stereocenters. The van der Waals surface area contributed by atoms with E-state index in [0.29, 0.717) is 17.9 Å². The zero-order valence-electron chi connectivity index (χ0n) is 16.8. The van der Waals surface area contributed by atoms with E-state index in [1.165, 1.54) is 17.5 Å². The summed E-state index contributed by atoms with van der Waals surface area (Å²) >= 11 is 5.90. The van der Waals surface area contributed by atoms with Gasteiger partial charge in [-0.05, 0) is 55.7 Å². The third kappa shape index (κ3) is 4.94. The second kappa shape index (κ2) is 9.32. The first-order valence-corrected chi connectivity index (χ1v) is 11.4. The summed E-state index contributed by atoms with van der Waals surface area (Å²) in [5.74, 6) is -1.32. The number of amides is 1. The lowest BCUT2D eigenvalue weighted by Crippen LogP contribution is -2.45. The largest absolute Gasteiger partial charge is 0.495 e. The maximum atomic E-state index is 13.7. The lowest BCUT2D eigenvalue weighted by Gasteiger charge is -2.32. The molecule has 2 atom stereocenters. The molecular formula is C21H24ClFN2O4S. The fraction of sp³-hybridized carbons (Fsp3) is 0.381. The van der Waals surface area contributed by atoms with Crippen LogP contribution in [0.4, 0.5) is 4.39 Å². The van der Waals surface area contributed by atoms with Crippen molar-refractivity contribution in [2.45, 2.75) is 30.7 Å². The van der Waals surface area contributed by atoms with Crippen molar-refractivity contribution in [1.82, 2.24) is 9.62 Å². The lowest BCUT2D eigenvalue weighted by atomic mass is 9.98. The van der Waals surface area contributed by atoms with Crippen LogP contribution >= 0.6 is 11.6 Å². The summed E-state index contributed by atoms with van der Waals surface area (Å²) in [6, 6.07) is 10.3. The molecule has 1 N–H and O–H groups in total. The molecule has 1 amide bonds. The number of sulfonamides is 1. The Morgan fingerprint density at radius 3 is 2.63 bits per heavy atom. The average molecular weight is 455 g/mol. The minimum absolute atomic E-state index is 0.0289. The minimum Gasteiger partial charge on any atom is -0.495 e. The molecule has 0 bridgehead atoms. The van der Waals surface area contributed by atoms with Gasteiger partial charge in [-0.2, -0.15) is 4.31 Å². The van der Waals surface area contributed by atoms with Gasteiger partial charge in [-0.25, -0.2) is 12.8 Å². The molecule has 6 nitrogen and oxygen atoms in total. The van der Waals surface area contributed by atoms with E-state index < -0.39 is 21.8 Å². The van der Waals surface area contributed by atoms with E-state index in [-0.39, 0.29) is 35.7 Å². The smallest absolute Gasteiger partial charge is 0.246 e. The summed E-state index contributed by atoms with van der Waals surface area (Å²) in [6.07, 6.45) is 1.11. The molecule has 0 aromatic heterocycles. The van der Waals surface area contributed by atoms with Crippen LogP contribution in [0.3, 0.4) is 0 Å². The van der Waals surface area contributed by atoms with Crippen LogP contribution in [0.5, 0.6) is 5.75 Å². The van der Waals surface area contributed by atoms with Gasteiger partial charge in [0.2, 0.25) is 15.9 Å². The number of methoxy groups -OCH3 is 1. The molecule has 1 saturated heterocycles. The molecule has 3 rings (SSSR count). The van der Waals surface area contributed by atoms with Gasteiger partial charge >= 0.3 is 0 Å². The van der Waals surface area contributed by atoms with E-state index in [4.69, 9.17) is 16.3 Å². The van der Waals surface area contributed by atoms with Crippen LogP contribution in [0, 0.1) is 11.7 Å². The predicted molar refractivity (Wildman–Crippen MR) is 112 cm³/mol. The van der Waals surface area contributed by atoms with Gasteiger partial charge in [0.1, 0.15) is 16.5 Å². The van der Waals surface area contributed by atoms with Crippen LogP contribution in [-0.2, 0) is 14.8 Å². The van der Waals surface area contributed by atoms with Crippen molar-refractivity contribution in [3.63, 3.8) is 0 Å². The number of nitrogens with one attached hydrogen (secondary N) is 1. The van der Waals surface area contributed by atoms with Crippen molar-refractivity contribution < 1.29 is 22.3 Å². The zero-order valence-corrected chi connectivity index (χ0v) is 18.3. The van der Waals surface area contributed by atoms with Gasteiger partial charge < -0.3 is 10.1 Å². The summed E-state index contributed by atoms with van der Waals surface area (Å²) < 4.78 is 46.2. The van der Waals surface area contributed by atoms with Crippen molar-refractivity contribution in [2.24, 2.45) is 5.92 Å². The molecule has 162 valence electrons. The van der Waals surface area contributed by atoms with Crippen LogP contribution in [0.1, 0.15) is 31.4 Å². The van der Waals surface area contributed by atoms with Crippen LogP contribution in [0.2, 0.25) is 5.02 Å². The molecule has 0 spiro atoms. The van der Waals surface area contributed by atoms with E-state index in [1.54, 1.807) is 12.1 Å². The van der Waals surface area contributed by atoms with E-state index in [2.05, 4.69) is 5.32 Å². The van der Waals surface area contributed by atoms with Gasteiger partial charge in [0.05, 0.1) is 19.1 Å². The Kier molecular flexibility index (Phi) is 7.00.